The molecule has 0 saturated heterocycles. The predicted molar refractivity (Wildman–Crippen MR) is 82.9 cm³/mol. The third kappa shape index (κ3) is 2.84. The minimum Gasteiger partial charge on any atom is -0.490 e. The molecule has 0 radical (unpaired) electrons. The van der Waals surface area contributed by atoms with Crippen LogP contribution in [0.1, 0.15) is 12.8 Å². The van der Waals surface area contributed by atoms with Gasteiger partial charge in [-0.2, -0.15) is 0 Å². The smallest absolute Gasteiger partial charge is 0.145 e. The van der Waals surface area contributed by atoms with Gasteiger partial charge in [0.15, 0.2) is 0 Å². The summed E-state index contributed by atoms with van der Waals surface area (Å²) in [4.78, 5) is 4.47. The highest BCUT2D eigenvalue weighted by Crippen LogP contribution is 2.34. The van der Waals surface area contributed by atoms with Gasteiger partial charge in [-0.1, -0.05) is 35.3 Å². The number of benzene rings is 1. The molecule has 0 amide bonds. The van der Waals surface area contributed by atoms with Gasteiger partial charge in [-0.15, -0.1) is 0 Å². The topological polar surface area (TPSA) is 34.2 Å². The van der Waals surface area contributed by atoms with Crippen LogP contribution in [0, 0.1) is 0 Å². The number of pyridine rings is 1. The van der Waals surface area contributed by atoms with Crippen LogP contribution < -0.4 is 10.1 Å². The largest absolute Gasteiger partial charge is 0.490 e. The van der Waals surface area contributed by atoms with Crippen molar-refractivity contribution in [2.45, 2.75) is 18.9 Å². The van der Waals surface area contributed by atoms with Crippen LogP contribution in [-0.2, 0) is 0 Å². The number of nitrogens with zero attached hydrogens (tertiary/aromatic N) is 1. The molecule has 1 aromatic heterocycles. The monoisotopic (exact) mass is 308 g/mol. The van der Waals surface area contributed by atoms with E-state index in [0.717, 1.165) is 24.2 Å². The molecule has 1 aromatic carbocycles. The van der Waals surface area contributed by atoms with Crippen LogP contribution in [0.15, 0.2) is 30.3 Å². The molecule has 0 unspecified atom stereocenters. The van der Waals surface area contributed by atoms with Crippen molar-refractivity contribution in [3.05, 3.63) is 40.4 Å². The second kappa shape index (κ2) is 5.51. The van der Waals surface area contributed by atoms with Gasteiger partial charge in [0.25, 0.3) is 0 Å². The Kier molecular flexibility index (Phi) is 3.72. The Morgan fingerprint density at radius 1 is 1.20 bits per heavy atom. The first-order valence-corrected chi connectivity index (χ1v) is 7.24. The van der Waals surface area contributed by atoms with Crippen LogP contribution in [0.5, 0.6) is 5.75 Å². The second-order valence-corrected chi connectivity index (χ2v) is 5.56. The molecular formula is C15H14Cl2N2O. The molecule has 1 aliphatic rings. The molecule has 104 valence electrons. The fraction of sp³-hybridized carbons (Fsp3) is 0.267. The summed E-state index contributed by atoms with van der Waals surface area (Å²) < 4.78 is 5.80. The van der Waals surface area contributed by atoms with Crippen molar-refractivity contribution < 1.29 is 4.74 Å². The van der Waals surface area contributed by atoms with Crippen LogP contribution in [0.25, 0.3) is 11.3 Å². The van der Waals surface area contributed by atoms with Crippen LogP contribution >= 0.6 is 23.2 Å². The van der Waals surface area contributed by atoms with Crippen LogP contribution in [0.2, 0.25) is 10.0 Å². The molecule has 1 N–H and O–H groups in total. The van der Waals surface area contributed by atoms with E-state index in [4.69, 9.17) is 27.9 Å². The standard InChI is InChI=1S/C15H14Cl2N2O/c1-18-15-13(17)8-12(16)14(19-15)9-3-2-4-11(7-9)20-10-5-6-10/h2-4,7-8,10H,5-6H2,1H3,(H,18,19). The van der Waals surface area contributed by atoms with E-state index in [1.807, 2.05) is 24.3 Å². The van der Waals surface area contributed by atoms with Crippen molar-refractivity contribution in [1.29, 1.82) is 0 Å². The maximum Gasteiger partial charge on any atom is 0.145 e. The summed E-state index contributed by atoms with van der Waals surface area (Å²) in [6.07, 6.45) is 2.63. The Bertz CT molecular complexity index is 642. The summed E-state index contributed by atoms with van der Waals surface area (Å²) in [5.41, 5.74) is 1.61. The van der Waals surface area contributed by atoms with Crippen LogP contribution in [0.4, 0.5) is 5.82 Å². The lowest BCUT2D eigenvalue weighted by Crippen LogP contribution is -1.98. The average molecular weight is 309 g/mol. The van der Waals surface area contributed by atoms with E-state index in [2.05, 4.69) is 10.3 Å². The maximum absolute atomic E-state index is 6.25. The fourth-order valence-corrected chi connectivity index (χ4v) is 2.50. The summed E-state index contributed by atoms with van der Waals surface area (Å²) >= 11 is 12.3. The van der Waals surface area contributed by atoms with Gasteiger partial charge >= 0.3 is 0 Å². The Hall–Kier alpha value is -1.45. The summed E-state index contributed by atoms with van der Waals surface area (Å²) in [6, 6.07) is 9.51. The highest BCUT2D eigenvalue weighted by atomic mass is 35.5. The maximum atomic E-state index is 6.25. The van der Waals surface area contributed by atoms with Crippen LogP contribution in [-0.4, -0.2) is 18.1 Å². The van der Waals surface area contributed by atoms with E-state index in [1.165, 1.54) is 0 Å². The van der Waals surface area contributed by atoms with Gasteiger partial charge in [-0.25, -0.2) is 4.98 Å². The normalized spacial score (nSPS) is 14.2. The zero-order valence-corrected chi connectivity index (χ0v) is 12.5. The van der Waals surface area contributed by atoms with Crippen molar-refractivity contribution in [1.82, 2.24) is 4.98 Å². The van der Waals surface area contributed by atoms with E-state index >= 15 is 0 Å². The fourth-order valence-electron chi connectivity index (χ4n) is 1.94. The number of ether oxygens (including phenoxy) is 1. The number of anilines is 1. The number of hydrogen-bond acceptors (Lipinski definition) is 3. The highest BCUT2D eigenvalue weighted by Gasteiger charge is 2.23. The second-order valence-electron chi connectivity index (χ2n) is 4.74. The minimum atomic E-state index is 0.367. The van der Waals surface area contributed by atoms with Gasteiger partial charge in [-0.05, 0) is 31.0 Å². The Balaban J connectivity index is 1.98. The molecule has 1 saturated carbocycles. The summed E-state index contributed by atoms with van der Waals surface area (Å²) in [5, 5.41) is 3.99. The number of hydrogen-bond donors (Lipinski definition) is 1. The van der Waals surface area contributed by atoms with Gasteiger partial charge in [-0.3, -0.25) is 0 Å². The lowest BCUT2D eigenvalue weighted by molar-refractivity contribution is 0.303. The lowest BCUT2D eigenvalue weighted by Gasteiger charge is -2.10. The summed E-state index contributed by atoms with van der Waals surface area (Å²) in [5.74, 6) is 1.46. The molecule has 0 atom stereocenters. The molecule has 0 aliphatic heterocycles. The quantitative estimate of drug-likeness (QED) is 0.893. The lowest BCUT2D eigenvalue weighted by atomic mass is 10.1. The molecule has 3 rings (SSSR count). The van der Waals surface area contributed by atoms with Gasteiger partial charge in [0, 0.05) is 12.6 Å². The Labute approximate surface area is 127 Å². The first-order chi connectivity index (χ1) is 9.67. The first-order valence-electron chi connectivity index (χ1n) is 6.48. The van der Waals surface area contributed by atoms with E-state index in [1.54, 1.807) is 13.1 Å². The van der Waals surface area contributed by atoms with E-state index in [-0.39, 0.29) is 0 Å². The third-order valence-corrected chi connectivity index (χ3v) is 3.68. The van der Waals surface area contributed by atoms with Crippen LogP contribution in [0.3, 0.4) is 0 Å². The zero-order chi connectivity index (χ0) is 14.1. The van der Waals surface area contributed by atoms with Crippen molar-refractivity contribution >= 4 is 29.0 Å². The Morgan fingerprint density at radius 3 is 2.70 bits per heavy atom. The Morgan fingerprint density at radius 2 is 2.00 bits per heavy atom. The van der Waals surface area contributed by atoms with Gasteiger partial charge in [0.2, 0.25) is 0 Å². The first kappa shape index (κ1) is 13.5. The number of aromatic nitrogens is 1. The molecule has 1 heterocycles. The molecule has 20 heavy (non-hydrogen) atoms. The molecule has 3 nitrogen and oxygen atoms in total. The predicted octanol–water partition coefficient (Wildman–Crippen LogP) is 4.64. The molecular weight excluding hydrogens is 295 g/mol. The van der Waals surface area contributed by atoms with Crippen molar-refractivity contribution in [3.8, 4) is 17.0 Å². The van der Waals surface area contributed by atoms with Crippen molar-refractivity contribution in [2.75, 3.05) is 12.4 Å². The van der Waals surface area contributed by atoms with Gasteiger partial charge in [0.05, 0.1) is 21.8 Å². The highest BCUT2D eigenvalue weighted by molar-refractivity contribution is 6.37. The van der Waals surface area contributed by atoms with Crippen molar-refractivity contribution in [2.24, 2.45) is 0 Å². The SMILES string of the molecule is CNc1nc(-c2cccc(OC3CC3)c2)c(Cl)cc1Cl. The van der Waals surface area contributed by atoms with E-state index in [9.17, 15) is 0 Å². The van der Waals surface area contributed by atoms with E-state index < -0.39 is 0 Å². The van der Waals surface area contributed by atoms with Crippen molar-refractivity contribution in [3.63, 3.8) is 0 Å². The van der Waals surface area contributed by atoms with Gasteiger partial charge in [0.1, 0.15) is 11.6 Å². The average Bonchev–Trinajstić information content (AvgIpc) is 3.23. The molecule has 1 aliphatic carbocycles. The molecule has 5 heteroatoms. The molecule has 0 spiro atoms. The zero-order valence-electron chi connectivity index (χ0n) is 11.0. The molecule has 1 fully saturated rings. The number of rotatable bonds is 4. The minimum absolute atomic E-state index is 0.367. The third-order valence-electron chi connectivity index (χ3n) is 3.10. The van der Waals surface area contributed by atoms with Gasteiger partial charge < -0.3 is 10.1 Å². The molecule has 0 bridgehead atoms. The summed E-state index contributed by atoms with van der Waals surface area (Å²) in [7, 11) is 1.78. The number of nitrogens with one attached hydrogen (secondary N) is 1. The number of halogens is 2. The van der Waals surface area contributed by atoms with E-state index in [0.29, 0.717) is 27.7 Å². The molecule has 2 aromatic rings. The summed E-state index contributed by atoms with van der Waals surface area (Å²) in [6.45, 7) is 0.